The number of nitrogens with two attached hydrogens (primary N) is 1. The molecule has 18 heavy (non-hydrogen) atoms. The highest BCUT2D eigenvalue weighted by Crippen LogP contribution is 2.46. The zero-order chi connectivity index (χ0) is 12.1. The summed E-state index contributed by atoms with van der Waals surface area (Å²) < 4.78 is 0. The van der Waals surface area contributed by atoms with Crippen molar-refractivity contribution in [3.63, 3.8) is 0 Å². The predicted molar refractivity (Wildman–Crippen MR) is 74.0 cm³/mol. The molecule has 0 bridgehead atoms. The Hall–Kier alpha value is -1.19. The maximum Gasteiger partial charge on any atom is 0.101 e. The van der Waals surface area contributed by atoms with Crippen molar-refractivity contribution >= 4 is 11.3 Å². The summed E-state index contributed by atoms with van der Waals surface area (Å²) in [4.78, 5) is 6.22. The molecule has 2 N–H and O–H groups in total. The Morgan fingerprint density at radius 2 is 2.11 bits per heavy atom. The van der Waals surface area contributed by atoms with E-state index in [1.165, 1.54) is 39.5 Å². The highest BCUT2D eigenvalue weighted by atomic mass is 32.1. The highest BCUT2D eigenvalue weighted by molar-refractivity contribution is 7.11. The summed E-state index contributed by atoms with van der Waals surface area (Å²) in [6, 6.07) is 8.72. The van der Waals surface area contributed by atoms with E-state index in [0.29, 0.717) is 18.4 Å². The average molecular weight is 256 g/mol. The lowest BCUT2D eigenvalue weighted by molar-refractivity contribution is 0.698. The molecule has 0 aliphatic heterocycles. The highest BCUT2D eigenvalue weighted by Gasteiger charge is 2.34. The quantitative estimate of drug-likeness (QED) is 0.916. The first kappa shape index (κ1) is 10.7. The second kappa shape index (κ2) is 3.90. The number of benzene rings is 1. The van der Waals surface area contributed by atoms with Crippen LogP contribution in [0.5, 0.6) is 0 Å². The fraction of sp³-hybridized carbons (Fsp3) is 0.400. The first-order valence-electron chi connectivity index (χ1n) is 6.64. The normalized spacial score (nSPS) is 21.5. The van der Waals surface area contributed by atoms with Gasteiger partial charge in [0, 0.05) is 23.3 Å². The van der Waals surface area contributed by atoms with Crippen molar-refractivity contribution in [2.75, 3.05) is 0 Å². The maximum atomic E-state index is 5.85. The van der Waals surface area contributed by atoms with Crippen LogP contribution in [0.3, 0.4) is 0 Å². The van der Waals surface area contributed by atoms with Crippen LogP contribution in [-0.4, -0.2) is 4.98 Å². The Morgan fingerprint density at radius 1 is 1.28 bits per heavy atom. The fourth-order valence-electron chi connectivity index (χ4n) is 2.83. The van der Waals surface area contributed by atoms with E-state index in [-0.39, 0.29) is 0 Å². The van der Waals surface area contributed by atoms with Crippen LogP contribution in [0.2, 0.25) is 0 Å². The van der Waals surface area contributed by atoms with Gasteiger partial charge in [-0.3, -0.25) is 0 Å². The Bertz CT molecular complexity index is 598. The van der Waals surface area contributed by atoms with Crippen molar-refractivity contribution in [1.29, 1.82) is 0 Å². The van der Waals surface area contributed by atoms with Gasteiger partial charge in [0.25, 0.3) is 0 Å². The van der Waals surface area contributed by atoms with Gasteiger partial charge in [-0.25, -0.2) is 4.98 Å². The minimum atomic E-state index is 0.531. The van der Waals surface area contributed by atoms with Crippen LogP contribution >= 0.6 is 11.3 Å². The third-order valence-corrected chi connectivity index (χ3v) is 5.25. The van der Waals surface area contributed by atoms with Crippen LogP contribution in [0.25, 0.3) is 0 Å². The fourth-order valence-corrected chi connectivity index (χ4v) is 3.98. The molecule has 1 aromatic heterocycles. The number of hydrogen-bond donors (Lipinski definition) is 1. The summed E-state index contributed by atoms with van der Waals surface area (Å²) in [5, 5.41) is 1.29. The monoisotopic (exact) mass is 256 g/mol. The van der Waals surface area contributed by atoms with Crippen LogP contribution in [0.4, 0.5) is 0 Å². The molecule has 2 nitrogen and oxygen atoms in total. The number of aromatic nitrogens is 1. The second-order valence-electron chi connectivity index (χ2n) is 5.29. The van der Waals surface area contributed by atoms with E-state index in [2.05, 4.69) is 24.3 Å². The molecule has 1 unspecified atom stereocenters. The number of thiazole rings is 1. The summed E-state index contributed by atoms with van der Waals surface area (Å²) in [6.45, 7) is 0.651. The lowest BCUT2D eigenvalue weighted by atomic mass is 9.78. The van der Waals surface area contributed by atoms with Gasteiger partial charge < -0.3 is 5.73 Å². The molecule has 1 atom stereocenters. The standard InChI is InChI=1S/C15H16N2S/c16-8-13-14(9-5-6-9)17-15(18-13)12-7-10-3-1-2-4-11(10)12/h1-4,9,12H,5-8,16H2. The zero-order valence-corrected chi connectivity index (χ0v) is 11.0. The largest absolute Gasteiger partial charge is 0.326 e. The minimum Gasteiger partial charge on any atom is -0.326 e. The smallest absolute Gasteiger partial charge is 0.101 e. The molecule has 3 heteroatoms. The summed E-state index contributed by atoms with van der Waals surface area (Å²) in [5.74, 6) is 1.24. The molecule has 2 aliphatic rings. The Balaban J connectivity index is 1.70. The van der Waals surface area contributed by atoms with E-state index >= 15 is 0 Å². The molecule has 0 saturated heterocycles. The molecule has 2 aromatic rings. The molecule has 0 radical (unpaired) electrons. The van der Waals surface area contributed by atoms with Gasteiger partial charge in [-0.05, 0) is 30.4 Å². The average Bonchev–Trinajstić information content (AvgIpc) is 3.12. The molecule has 2 aliphatic carbocycles. The van der Waals surface area contributed by atoms with Gasteiger partial charge in [0.2, 0.25) is 0 Å². The summed E-state index contributed by atoms with van der Waals surface area (Å²) >= 11 is 1.84. The molecule has 4 rings (SSSR count). The molecule has 1 aromatic carbocycles. The third-order valence-electron chi connectivity index (χ3n) is 4.05. The van der Waals surface area contributed by atoms with Gasteiger partial charge in [-0.15, -0.1) is 11.3 Å². The summed E-state index contributed by atoms with van der Waals surface area (Å²) in [7, 11) is 0. The topological polar surface area (TPSA) is 38.9 Å². The summed E-state index contributed by atoms with van der Waals surface area (Å²) in [6.07, 6.45) is 3.76. The van der Waals surface area contributed by atoms with Gasteiger partial charge in [-0.1, -0.05) is 24.3 Å². The molecular weight excluding hydrogens is 240 g/mol. The van der Waals surface area contributed by atoms with Crippen molar-refractivity contribution in [1.82, 2.24) is 4.98 Å². The van der Waals surface area contributed by atoms with E-state index in [9.17, 15) is 0 Å². The predicted octanol–water partition coefficient (Wildman–Crippen LogP) is 3.17. The first-order valence-corrected chi connectivity index (χ1v) is 7.46. The Labute approximate surface area is 111 Å². The molecule has 0 amide bonds. The lowest BCUT2D eigenvalue weighted by Crippen LogP contribution is -2.17. The third kappa shape index (κ3) is 1.54. The van der Waals surface area contributed by atoms with Gasteiger partial charge >= 0.3 is 0 Å². The lowest BCUT2D eigenvalue weighted by Gasteiger charge is -2.28. The van der Waals surface area contributed by atoms with E-state index < -0.39 is 0 Å². The molecule has 1 heterocycles. The maximum absolute atomic E-state index is 5.85. The van der Waals surface area contributed by atoms with E-state index in [0.717, 1.165) is 6.42 Å². The van der Waals surface area contributed by atoms with Gasteiger partial charge in [-0.2, -0.15) is 0 Å². The number of hydrogen-bond acceptors (Lipinski definition) is 3. The molecule has 1 fully saturated rings. The van der Waals surface area contributed by atoms with Crippen molar-refractivity contribution in [3.05, 3.63) is 51.0 Å². The second-order valence-corrected chi connectivity index (χ2v) is 6.41. The van der Waals surface area contributed by atoms with Crippen molar-refractivity contribution < 1.29 is 0 Å². The van der Waals surface area contributed by atoms with Crippen molar-refractivity contribution in [2.45, 2.75) is 37.6 Å². The van der Waals surface area contributed by atoms with E-state index in [4.69, 9.17) is 10.7 Å². The Morgan fingerprint density at radius 3 is 2.83 bits per heavy atom. The number of fused-ring (bicyclic) bond motifs is 1. The van der Waals surface area contributed by atoms with Crippen LogP contribution in [0.1, 0.15) is 51.4 Å². The number of nitrogens with zero attached hydrogens (tertiary/aromatic N) is 1. The SMILES string of the molecule is NCc1sc(C2Cc3ccccc32)nc1C1CC1. The van der Waals surface area contributed by atoms with Crippen LogP contribution in [-0.2, 0) is 13.0 Å². The first-order chi connectivity index (χ1) is 8.86. The van der Waals surface area contributed by atoms with Gasteiger partial charge in [0.05, 0.1) is 5.69 Å². The minimum absolute atomic E-state index is 0.531. The van der Waals surface area contributed by atoms with Gasteiger partial charge in [0.1, 0.15) is 5.01 Å². The van der Waals surface area contributed by atoms with Gasteiger partial charge in [0.15, 0.2) is 0 Å². The zero-order valence-electron chi connectivity index (χ0n) is 10.2. The molecule has 1 saturated carbocycles. The molecular formula is C15H16N2S. The van der Waals surface area contributed by atoms with Crippen molar-refractivity contribution in [3.8, 4) is 0 Å². The molecule has 0 spiro atoms. The van der Waals surface area contributed by atoms with Crippen LogP contribution < -0.4 is 5.73 Å². The summed E-state index contributed by atoms with van der Waals surface area (Å²) in [5.41, 5.74) is 10.1. The molecule has 92 valence electrons. The van der Waals surface area contributed by atoms with Crippen LogP contribution in [0.15, 0.2) is 24.3 Å². The van der Waals surface area contributed by atoms with Crippen LogP contribution in [0, 0.1) is 0 Å². The Kier molecular flexibility index (Phi) is 2.32. The van der Waals surface area contributed by atoms with E-state index in [1.807, 2.05) is 11.3 Å². The van der Waals surface area contributed by atoms with E-state index in [1.54, 1.807) is 0 Å². The van der Waals surface area contributed by atoms with Crippen molar-refractivity contribution in [2.24, 2.45) is 5.73 Å². The number of rotatable bonds is 3.